The number of ether oxygens (including phenoxy) is 1. The first-order valence-corrected chi connectivity index (χ1v) is 8.72. The third-order valence-corrected chi connectivity index (χ3v) is 3.79. The predicted molar refractivity (Wildman–Crippen MR) is 104 cm³/mol. The SMILES string of the molecule is CC(C)Oc1cccc(-c2ccnc(NCCc3ccc(O)cc3)n2)c1. The third kappa shape index (κ3) is 4.96. The van der Waals surface area contributed by atoms with Crippen molar-refractivity contribution in [2.24, 2.45) is 0 Å². The van der Waals surface area contributed by atoms with E-state index in [-0.39, 0.29) is 11.9 Å². The van der Waals surface area contributed by atoms with Crippen LogP contribution in [0.4, 0.5) is 5.95 Å². The highest BCUT2D eigenvalue weighted by Gasteiger charge is 2.05. The minimum Gasteiger partial charge on any atom is -0.508 e. The van der Waals surface area contributed by atoms with Gasteiger partial charge in [0.25, 0.3) is 0 Å². The lowest BCUT2D eigenvalue weighted by atomic mass is 10.1. The molecule has 0 aliphatic carbocycles. The molecule has 5 heteroatoms. The molecule has 2 aromatic carbocycles. The van der Waals surface area contributed by atoms with Crippen LogP contribution < -0.4 is 10.1 Å². The molecule has 5 nitrogen and oxygen atoms in total. The van der Waals surface area contributed by atoms with Crippen LogP contribution >= 0.6 is 0 Å². The fourth-order valence-corrected chi connectivity index (χ4v) is 2.59. The number of nitrogens with one attached hydrogen (secondary N) is 1. The van der Waals surface area contributed by atoms with Crippen molar-refractivity contribution in [3.63, 3.8) is 0 Å². The standard InChI is InChI=1S/C21H23N3O2/c1-15(2)26-19-5-3-4-17(14-19)20-11-13-23-21(24-20)22-12-10-16-6-8-18(25)9-7-16/h3-9,11,13-15,25H,10,12H2,1-2H3,(H,22,23,24). The largest absolute Gasteiger partial charge is 0.508 e. The summed E-state index contributed by atoms with van der Waals surface area (Å²) < 4.78 is 5.75. The Bertz CT molecular complexity index is 848. The third-order valence-electron chi connectivity index (χ3n) is 3.79. The molecule has 0 aliphatic heterocycles. The van der Waals surface area contributed by atoms with E-state index < -0.39 is 0 Å². The lowest BCUT2D eigenvalue weighted by Crippen LogP contribution is -2.08. The molecule has 1 aromatic heterocycles. The van der Waals surface area contributed by atoms with Crippen molar-refractivity contribution in [3.8, 4) is 22.8 Å². The van der Waals surface area contributed by atoms with Gasteiger partial charge in [-0.3, -0.25) is 0 Å². The molecular formula is C21H23N3O2. The van der Waals surface area contributed by atoms with Crippen molar-refractivity contribution < 1.29 is 9.84 Å². The first kappa shape index (κ1) is 17.7. The zero-order valence-corrected chi connectivity index (χ0v) is 15.0. The van der Waals surface area contributed by atoms with Crippen molar-refractivity contribution in [2.75, 3.05) is 11.9 Å². The smallest absolute Gasteiger partial charge is 0.223 e. The molecule has 0 radical (unpaired) electrons. The van der Waals surface area contributed by atoms with E-state index in [1.807, 2.05) is 56.3 Å². The minimum absolute atomic E-state index is 0.132. The number of hydrogen-bond acceptors (Lipinski definition) is 5. The molecule has 0 spiro atoms. The number of nitrogens with zero attached hydrogens (tertiary/aromatic N) is 2. The molecule has 0 amide bonds. The zero-order chi connectivity index (χ0) is 18.4. The monoisotopic (exact) mass is 349 g/mol. The molecule has 0 fully saturated rings. The summed E-state index contributed by atoms with van der Waals surface area (Å²) in [5.74, 6) is 1.70. The van der Waals surface area contributed by atoms with Crippen LogP contribution in [-0.2, 0) is 6.42 Å². The van der Waals surface area contributed by atoms with Crippen LogP contribution in [0, 0.1) is 0 Å². The summed E-state index contributed by atoms with van der Waals surface area (Å²) >= 11 is 0. The summed E-state index contributed by atoms with van der Waals surface area (Å²) in [7, 11) is 0. The number of hydrogen-bond donors (Lipinski definition) is 2. The van der Waals surface area contributed by atoms with E-state index in [4.69, 9.17) is 4.74 Å². The summed E-state index contributed by atoms with van der Waals surface area (Å²) in [4.78, 5) is 8.88. The molecule has 3 rings (SSSR count). The number of aromatic nitrogens is 2. The van der Waals surface area contributed by atoms with Gasteiger partial charge in [-0.25, -0.2) is 9.97 Å². The van der Waals surface area contributed by atoms with Crippen LogP contribution in [-0.4, -0.2) is 27.7 Å². The van der Waals surface area contributed by atoms with Crippen LogP contribution in [0.5, 0.6) is 11.5 Å². The summed E-state index contributed by atoms with van der Waals surface area (Å²) in [6.07, 6.45) is 2.71. The molecular weight excluding hydrogens is 326 g/mol. The molecule has 26 heavy (non-hydrogen) atoms. The molecule has 0 saturated heterocycles. The Balaban J connectivity index is 1.65. The summed E-state index contributed by atoms with van der Waals surface area (Å²) in [5.41, 5.74) is 2.98. The summed E-state index contributed by atoms with van der Waals surface area (Å²) in [6, 6.07) is 17.0. The van der Waals surface area contributed by atoms with Gasteiger partial charge in [-0.05, 0) is 56.2 Å². The van der Waals surface area contributed by atoms with Crippen molar-refractivity contribution in [1.82, 2.24) is 9.97 Å². The van der Waals surface area contributed by atoms with Gasteiger partial charge in [0.15, 0.2) is 0 Å². The Morgan fingerprint density at radius 3 is 2.65 bits per heavy atom. The zero-order valence-electron chi connectivity index (χ0n) is 15.0. The van der Waals surface area contributed by atoms with Crippen molar-refractivity contribution in [1.29, 1.82) is 0 Å². The summed E-state index contributed by atoms with van der Waals surface area (Å²) in [5, 5.41) is 12.6. The first-order valence-electron chi connectivity index (χ1n) is 8.72. The van der Waals surface area contributed by atoms with Crippen LogP contribution in [0.3, 0.4) is 0 Å². The fourth-order valence-electron chi connectivity index (χ4n) is 2.59. The van der Waals surface area contributed by atoms with E-state index in [0.29, 0.717) is 12.5 Å². The van der Waals surface area contributed by atoms with Gasteiger partial charge in [-0.2, -0.15) is 0 Å². The molecule has 2 N–H and O–H groups in total. The van der Waals surface area contributed by atoms with E-state index in [2.05, 4.69) is 15.3 Å². The first-order chi connectivity index (χ1) is 12.6. The van der Waals surface area contributed by atoms with Gasteiger partial charge in [-0.1, -0.05) is 24.3 Å². The van der Waals surface area contributed by atoms with Crippen molar-refractivity contribution in [3.05, 3.63) is 66.4 Å². The topological polar surface area (TPSA) is 67.3 Å². The Hall–Kier alpha value is -3.08. The molecule has 0 atom stereocenters. The number of rotatable bonds is 7. The van der Waals surface area contributed by atoms with E-state index >= 15 is 0 Å². The second-order valence-electron chi connectivity index (χ2n) is 6.30. The van der Waals surface area contributed by atoms with Gasteiger partial charge in [0.05, 0.1) is 11.8 Å². The average molecular weight is 349 g/mol. The van der Waals surface area contributed by atoms with E-state index in [1.165, 1.54) is 0 Å². The highest BCUT2D eigenvalue weighted by Crippen LogP contribution is 2.23. The van der Waals surface area contributed by atoms with E-state index in [1.54, 1.807) is 18.3 Å². The van der Waals surface area contributed by atoms with Gasteiger partial charge in [0, 0.05) is 18.3 Å². The Labute approximate surface area is 153 Å². The van der Waals surface area contributed by atoms with Gasteiger partial charge in [0.2, 0.25) is 5.95 Å². The number of anilines is 1. The lowest BCUT2D eigenvalue weighted by molar-refractivity contribution is 0.242. The number of phenolic OH excluding ortho intramolecular Hbond substituents is 1. The quantitative estimate of drug-likeness (QED) is 0.666. The molecule has 3 aromatic rings. The summed E-state index contributed by atoms with van der Waals surface area (Å²) in [6.45, 7) is 4.73. The maximum atomic E-state index is 9.32. The minimum atomic E-state index is 0.132. The Morgan fingerprint density at radius 1 is 1.08 bits per heavy atom. The molecule has 1 heterocycles. The average Bonchev–Trinajstić information content (AvgIpc) is 2.63. The maximum absolute atomic E-state index is 9.32. The fraction of sp³-hybridized carbons (Fsp3) is 0.238. The Morgan fingerprint density at radius 2 is 1.88 bits per heavy atom. The molecule has 0 bridgehead atoms. The predicted octanol–water partition coefficient (Wildman–Crippen LogP) is 4.29. The number of benzene rings is 2. The normalized spacial score (nSPS) is 10.7. The van der Waals surface area contributed by atoms with Crippen LogP contribution in [0.1, 0.15) is 19.4 Å². The van der Waals surface area contributed by atoms with Crippen LogP contribution in [0.25, 0.3) is 11.3 Å². The van der Waals surface area contributed by atoms with E-state index in [9.17, 15) is 5.11 Å². The van der Waals surface area contributed by atoms with Gasteiger partial charge in [-0.15, -0.1) is 0 Å². The highest BCUT2D eigenvalue weighted by atomic mass is 16.5. The maximum Gasteiger partial charge on any atom is 0.223 e. The van der Waals surface area contributed by atoms with Gasteiger partial charge < -0.3 is 15.2 Å². The van der Waals surface area contributed by atoms with Crippen LogP contribution in [0.2, 0.25) is 0 Å². The second-order valence-corrected chi connectivity index (χ2v) is 6.30. The molecule has 0 aliphatic rings. The van der Waals surface area contributed by atoms with Crippen molar-refractivity contribution in [2.45, 2.75) is 26.4 Å². The van der Waals surface area contributed by atoms with Crippen LogP contribution in [0.15, 0.2) is 60.8 Å². The number of aromatic hydroxyl groups is 1. The molecule has 134 valence electrons. The molecule has 0 saturated carbocycles. The molecule has 0 unspecified atom stereocenters. The van der Waals surface area contributed by atoms with Crippen molar-refractivity contribution >= 4 is 5.95 Å². The Kier molecular flexibility index (Phi) is 5.69. The lowest BCUT2D eigenvalue weighted by Gasteiger charge is -2.11. The van der Waals surface area contributed by atoms with E-state index in [0.717, 1.165) is 29.0 Å². The second kappa shape index (κ2) is 8.34. The number of phenols is 1. The van der Waals surface area contributed by atoms with Gasteiger partial charge >= 0.3 is 0 Å². The highest BCUT2D eigenvalue weighted by molar-refractivity contribution is 5.62. The van der Waals surface area contributed by atoms with Gasteiger partial charge in [0.1, 0.15) is 11.5 Å².